The summed E-state index contributed by atoms with van der Waals surface area (Å²) in [6, 6.07) is 7.04. The van der Waals surface area contributed by atoms with E-state index < -0.39 is 11.5 Å². The topological polar surface area (TPSA) is 78.5 Å². The molecule has 2 saturated heterocycles. The molecule has 21 heavy (non-hydrogen) atoms. The highest BCUT2D eigenvalue weighted by Gasteiger charge is 2.57. The molecule has 0 saturated carbocycles. The molecular formula is C15H15N3O3. The number of imide groups is 1. The van der Waals surface area contributed by atoms with Crippen molar-refractivity contribution in [1.82, 2.24) is 10.6 Å². The number of anilines is 1. The lowest BCUT2D eigenvalue weighted by Gasteiger charge is -2.39. The molecule has 0 radical (unpaired) electrons. The summed E-state index contributed by atoms with van der Waals surface area (Å²) in [6.45, 7) is 1.21. The Morgan fingerprint density at radius 1 is 1.14 bits per heavy atom. The first-order chi connectivity index (χ1) is 10.1. The molecule has 2 N–H and O–H groups in total. The molecule has 0 aromatic heterocycles. The number of fused-ring (bicyclic) bond motifs is 2. The molecule has 6 heteroatoms. The number of piperidine rings is 1. The van der Waals surface area contributed by atoms with Gasteiger partial charge >= 0.3 is 0 Å². The van der Waals surface area contributed by atoms with Gasteiger partial charge in [0.05, 0.1) is 0 Å². The van der Waals surface area contributed by atoms with Crippen LogP contribution in [0.15, 0.2) is 24.3 Å². The van der Waals surface area contributed by atoms with Crippen molar-refractivity contribution < 1.29 is 14.4 Å². The second kappa shape index (κ2) is 4.14. The van der Waals surface area contributed by atoms with Gasteiger partial charge in [-0.2, -0.15) is 0 Å². The van der Waals surface area contributed by atoms with Gasteiger partial charge in [0.2, 0.25) is 17.7 Å². The molecule has 6 nitrogen and oxygen atoms in total. The van der Waals surface area contributed by atoms with E-state index in [0.29, 0.717) is 19.5 Å². The Balaban J connectivity index is 1.78. The average molecular weight is 285 g/mol. The Morgan fingerprint density at radius 2 is 1.90 bits per heavy atom. The van der Waals surface area contributed by atoms with Crippen molar-refractivity contribution in [1.29, 1.82) is 0 Å². The predicted molar refractivity (Wildman–Crippen MR) is 74.6 cm³/mol. The van der Waals surface area contributed by atoms with Crippen LogP contribution in [0.4, 0.5) is 5.69 Å². The number of carbonyl (C=O) groups excluding carboxylic acids is 3. The van der Waals surface area contributed by atoms with Crippen LogP contribution in [0.5, 0.6) is 0 Å². The van der Waals surface area contributed by atoms with Gasteiger partial charge < -0.3 is 5.32 Å². The van der Waals surface area contributed by atoms with Gasteiger partial charge in [-0.1, -0.05) is 18.2 Å². The molecule has 1 aromatic carbocycles. The van der Waals surface area contributed by atoms with Crippen LogP contribution in [0, 0.1) is 0 Å². The van der Waals surface area contributed by atoms with Gasteiger partial charge in [-0.05, 0) is 18.1 Å². The van der Waals surface area contributed by atoms with E-state index >= 15 is 0 Å². The van der Waals surface area contributed by atoms with Crippen molar-refractivity contribution in [3.63, 3.8) is 0 Å². The largest absolute Gasteiger partial charge is 0.314 e. The normalized spacial score (nSPS) is 26.6. The maximum absolute atomic E-state index is 12.9. The average Bonchev–Trinajstić information content (AvgIpc) is 2.68. The van der Waals surface area contributed by atoms with Crippen molar-refractivity contribution in [2.75, 3.05) is 18.0 Å². The molecule has 1 spiro atoms. The van der Waals surface area contributed by atoms with Crippen LogP contribution in [-0.2, 0) is 19.8 Å². The number of amides is 3. The van der Waals surface area contributed by atoms with E-state index in [0.717, 1.165) is 11.3 Å². The van der Waals surface area contributed by atoms with Gasteiger partial charge in [0.15, 0.2) is 0 Å². The van der Waals surface area contributed by atoms with Gasteiger partial charge in [0.25, 0.3) is 0 Å². The Morgan fingerprint density at radius 3 is 2.57 bits per heavy atom. The summed E-state index contributed by atoms with van der Waals surface area (Å²) in [7, 11) is 0. The second-order valence-electron chi connectivity index (χ2n) is 5.84. The molecule has 1 aromatic rings. The lowest BCUT2D eigenvalue weighted by Crippen LogP contribution is -2.64. The van der Waals surface area contributed by atoms with Crippen LogP contribution in [-0.4, -0.2) is 36.9 Å². The molecule has 4 rings (SSSR count). The standard InChI is InChI=1S/C15H15N3O3/c19-12-6-5-11(13(20)17-12)18-10-4-2-1-3-9(10)15(14(18)21)7-16-8-15/h1-4,11,16H,5-8H2,(H,17,19,20). The van der Waals surface area contributed by atoms with Crippen molar-refractivity contribution >= 4 is 23.4 Å². The Hall–Kier alpha value is -2.21. The molecule has 1 unspecified atom stereocenters. The zero-order valence-corrected chi connectivity index (χ0v) is 11.4. The first kappa shape index (κ1) is 12.5. The summed E-state index contributed by atoms with van der Waals surface area (Å²) in [5.74, 6) is -0.674. The van der Waals surface area contributed by atoms with E-state index in [9.17, 15) is 14.4 Å². The lowest BCUT2D eigenvalue weighted by molar-refractivity contribution is -0.136. The van der Waals surface area contributed by atoms with Gasteiger partial charge in [-0.3, -0.25) is 24.6 Å². The molecule has 3 aliphatic rings. The predicted octanol–water partition coefficient (Wildman–Crippen LogP) is -0.321. The van der Waals surface area contributed by atoms with Crippen LogP contribution in [0.3, 0.4) is 0 Å². The molecular weight excluding hydrogens is 270 g/mol. The van der Waals surface area contributed by atoms with Crippen LogP contribution < -0.4 is 15.5 Å². The molecule has 3 heterocycles. The van der Waals surface area contributed by atoms with E-state index in [2.05, 4.69) is 10.6 Å². The van der Waals surface area contributed by atoms with E-state index in [-0.39, 0.29) is 24.1 Å². The lowest BCUT2D eigenvalue weighted by atomic mass is 9.76. The minimum absolute atomic E-state index is 0.0306. The molecule has 0 bridgehead atoms. The minimum Gasteiger partial charge on any atom is -0.314 e. The summed E-state index contributed by atoms with van der Waals surface area (Å²) in [4.78, 5) is 37.9. The van der Waals surface area contributed by atoms with Crippen LogP contribution in [0.25, 0.3) is 0 Å². The second-order valence-corrected chi connectivity index (χ2v) is 5.84. The molecule has 108 valence electrons. The highest BCUT2D eigenvalue weighted by Crippen LogP contribution is 2.45. The number of nitrogens with one attached hydrogen (secondary N) is 2. The number of hydrogen-bond acceptors (Lipinski definition) is 4. The van der Waals surface area contributed by atoms with E-state index in [1.54, 1.807) is 4.90 Å². The molecule has 3 aliphatic heterocycles. The summed E-state index contributed by atoms with van der Waals surface area (Å²) in [5, 5.41) is 5.49. The smallest absolute Gasteiger partial charge is 0.249 e. The van der Waals surface area contributed by atoms with Gasteiger partial charge in [-0.25, -0.2) is 0 Å². The van der Waals surface area contributed by atoms with Crippen LogP contribution in [0.1, 0.15) is 18.4 Å². The van der Waals surface area contributed by atoms with Crippen LogP contribution >= 0.6 is 0 Å². The SMILES string of the molecule is O=C1CCC(N2C(=O)C3(CNC3)c3ccccc32)C(=O)N1. The first-order valence-electron chi connectivity index (χ1n) is 7.11. The van der Waals surface area contributed by atoms with Gasteiger partial charge in [-0.15, -0.1) is 0 Å². The minimum atomic E-state index is -0.587. The third kappa shape index (κ3) is 1.53. The van der Waals surface area contributed by atoms with Gasteiger partial charge in [0, 0.05) is 25.2 Å². The molecule has 0 aliphatic carbocycles. The number of carbonyl (C=O) groups is 3. The zero-order valence-electron chi connectivity index (χ0n) is 11.4. The molecule has 1 atom stereocenters. The van der Waals surface area contributed by atoms with Crippen molar-refractivity contribution in [2.45, 2.75) is 24.3 Å². The third-order valence-corrected chi connectivity index (χ3v) is 4.68. The maximum Gasteiger partial charge on any atom is 0.249 e. The van der Waals surface area contributed by atoms with Crippen molar-refractivity contribution in [2.24, 2.45) is 0 Å². The van der Waals surface area contributed by atoms with E-state index in [4.69, 9.17) is 0 Å². The number of rotatable bonds is 1. The quantitative estimate of drug-likeness (QED) is 0.693. The fourth-order valence-electron chi connectivity index (χ4n) is 3.50. The Kier molecular flexibility index (Phi) is 2.47. The van der Waals surface area contributed by atoms with Crippen LogP contribution in [0.2, 0.25) is 0 Å². The third-order valence-electron chi connectivity index (χ3n) is 4.68. The van der Waals surface area contributed by atoms with Crippen molar-refractivity contribution in [3.8, 4) is 0 Å². The van der Waals surface area contributed by atoms with E-state index in [1.165, 1.54) is 0 Å². The molecule has 2 fully saturated rings. The Bertz CT molecular complexity index is 666. The summed E-state index contributed by atoms with van der Waals surface area (Å²) in [6.07, 6.45) is 0.655. The number of para-hydroxylation sites is 1. The highest BCUT2D eigenvalue weighted by atomic mass is 16.2. The number of hydrogen-bond donors (Lipinski definition) is 2. The molecule has 3 amide bonds. The monoisotopic (exact) mass is 285 g/mol. The summed E-state index contributed by atoms with van der Waals surface area (Å²) in [5.41, 5.74) is 1.26. The zero-order chi connectivity index (χ0) is 14.6. The van der Waals surface area contributed by atoms with Gasteiger partial charge in [0.1, 0.15) is 11.5 Å². The Labute approximate surface area is 121 Å². The number of nitrogens with zero attached hydrogens (tertiary/aromatic N) is 1. The van der Waals surface area contributed by atoms with Crippen molar-refractivity contribution in [3.05, 3.63) is 29.8 Å². The maximum atomic E-state index is 12.9. The van der Waals surface area contributed by atoms with E-state index in [1.807, 2.05) is 24.3 Å². The number of benzene rings is 1. The first-order valence-corrected chi connectivity index (χ1v) is 7.11. The summed E-state index contributed by atoms with van der Waals surface area (Å²) < 4.78 is 0. The summed E-state index contributed by atoms with van der Waals surface area (Å²) >= 11 is 0. The fraction of sp³-hybridized carbons (Fsp3) is 0.400. The fourth-order valence-corrected chi connectivity index (χ4v) is 3.50. The highest BCUT2D eigenvalue weighted by molar-refractivity contribution is 6.14.